The topological polar surface area (TPSA) is 12.0 Å². The summed E-state index contributed by atoms with van der Waals surface area (Å²) >= 11 is 7.01. The van der Waals surface area contributed by atoms with Crippen molar-refractivity contribution < 1.29 is 8.78 Å². The lowest BCUT2D eigenvalue weighted by Crippen LogP contribution is -2.20. The maximum Gasteiger partial charge on any atom is 0.131 e. The number of aryl methyl sites for hydroxylation is 2. The number of rotatable bonds is 3. The smallest absolute Gasteiger partial charge is 0.131 e. The van der Waals surface area contributed by atoms with E-state index in [0.29, 0.717) is 11.1 Å². The van der Waals surface area contributed by atoms with E-state index in [1.54, 1.807) is 20.0 Å². The van der Waals surface area contributed by atoms with Crippen LogP contribution in [0.3, 0.4) is 0 Å². The summed E-state index contributed by atoms with van der Waals surface area (Å²) < 4.78 is 29.4. The average Bonchev–Trinajstić information content (AvgIpc) is 2.42. The molecule has 2 rings (SSSR count). The normalized spacial score (nSPS) is 12.5. The monoisotopic (exact) mass is 417 g/mol. The summed E-state index contributed by atoms with van der Waals surface area (Å²) in [5, 5.41) is 3.10. The Morgan fingerprint density at radius 2 is 1.52 bits per heavy atom. The summed E-state index contributed by atoms with van der Waals surface area (Å²) in [6.07, 6.45) is 0. The van der Waals surface area contributed by atoms with Crippen LogP contribution in [0.25, 0.3) is 0 Å². The van der Waals surface area contributed by atoms with E-state index < -0.39 is 11.6 Å². The zero-order valence-electron chi connectivity index (χ0n) is 11.9. The van der Waals surface area contributed by atoms with E-state index in [-0.39, 0.29) is 6.04 Å². The molecule has 2 aromatic rings. The van der Waals surface area contributed by atoms with Gasteiger partial charge in [-0.25, -0.2) is 8.78 Å². The predicted octanol–water partition coefficient (Wildman–Crippen LogP) is 5.42. The van der Waals surface area contributed by atoms with Crippen molar-refractivity contribution in [2.45, 2.75) is 19.9 Å². The molecule has 0 fully saturated rings. The fourth-order valence-corrected chi connectivity index (χ4v) is 3.31. The molecule has 0 spiro atoms. The third-order valence-corrected chi connectivity index (χ3v) is 5.01. The summed E-state index contributed by atoms with van der Waals surface area (Å²) in [6, 6.07) is 6.03. The van der Waals surface area contributed by atoms with Gasteiger partial charge in [-0.3, -0.25) is 0 Å². The summed E-state index contributed by atoms with van der Waals surface area (Å²) in [7, 11) is 1.75. The maximum atomic E-state index is 14.2. The molecule has 0 radical (unpaired) electrons. The van der Waals surface area contributed by atoms with Crippen LogP contribution in [0.2, 0.25) is 0 Å². The molecular formula is C16H15Br2F2N. The van der Waals surface area contributed by atoms with Crippen LogP contribution in [-0.4, -0.2) is 7.05 Å². The molecule has 1 unspecified atom stereocenters. The molecule has 0 aliphatic carbocycles. The second kappa shape index (κ2) is 6.55. The first-order chi connectivity index (χ1) is 9.85. The fraction of sp³-hybridized carbons (Fsp3) is 0.250. The van der Waals surface area contributed by atoms with E-state index >= 15 is 0 Å². The van der Waals surface area contributed by atoms with Crippen LogP contribution in [-0.2, 0) is 0 Å². The molecule has 5 heteroatoms. The lowest BCUT2D eigenvalue weighted by molar-refractivity contribution is 0.547. The Balaban J connectivity index is 2.60. The van der Waals surface area contributed by atoms with Crippen LogP contribution in [0.4, 0.5) is 8.78 Å². The Bertz CT molecular complexity index is 629. The van der Waals surface area contributed by atoms with Crippen LogP contribution < -0.4 is 5.32 Å². The summed E-state index contributed by atoms with van der Waals surface area (Å²) in [5.74, 6) is -1.09. The van der Waals surface area contributed by atoms with E-state index in [1.807, 2.05) is 19.1 Å². The van der Waals surface area contributed by atoms with E-state index in [1.165, 1.54) is 0 Å². The van der Waals surface area contributed by atoms with Gasteiger partial charge in [0.25, 0.3) is 0 Å². The molecule has 0 aliphatic rings. The molecule has 0 saturated heterocycles. The molecule has 1 atom stereocenters. The lowest BCUT2D eigenvalue weighted by atomic mass is 9.96. The number of halogens is 4. The standard InChI is InChI=1S/C16H15Br2F2N/c1-8-5-13(18)10(6-12(8)17)16(21-3)11-4-9(2)14(19)7-15(11)20/h4-7,16,21H,1-3H3. The van der Waals surface area contributed by atoms with Gasteiger partial charge in [0.1, 0.15) is 11.6 Å². The van der Waals surface area contributed by atoms with Gasteiger partial charge in [-0.15, -0.1) is 0 Å². The van der Waals surface area contributed by atoms with Crippen LogP contribution >= 0.6 is 31.9 Å². The highest BCUT2D eigenvalue weighted by atomic mass is 79.9. The first-order valence-corrected chi connectivity index (χ1v) is 8.02. The van der Waals surface area contributed by atoms with Gasteiger partial charge in [-0.2, -0.15) is 0 Å². The molecule has 0 aromatic heterocycles. The number of hydrogen-bond acceptors (Lipinski definition) is 1. The minimum atomic E-state index is -0.555. The number of hydrogen-bond donors (Lipinski definition) is 1. The quantitative estimate of drug-likeness (QED) is 0.702. The molecular weight excluding hydrogens is 404 g/mol. The number of nitrogens with one attached hydrogen (secondary N) is 1. The number of benzene rings is 2. The van der Waals surface area contributed by atoms with E-state index in [2.05, 4.69) is 37.2 Å². The molecule has 0 heterocycles. The average molecular weight is 419 g/mol. The van der Waals surface area contributed by atoms with Gasteiger partial charge in [0.2, 0.25) is 0 Å². The Kier molecular flexibility index (Phi) is 5.17. The SMILES string of the molecule is CNC(c1cc(C)c(F)cc1F)c1cc(Br)c(C)cc1Br. The summed E-state index contributed by atoms with van der Waals surface area (Å²) in [5.41, 5.74) is 2.82. The van der Waals surface area contributed by atoms with Crippen LogP contribution in [0.1, 0.15) is 28.3 Å². The Morgan fingerprint density at radius 3 is 2.14 bits per heavy atom. The highest BCUT2D eigenvalue weighted by Crippen LogP contribution is 2.34. The van der Waals surface area contributed by atoms with Gasteiger partial charge in [-0.05, 0) is 55.8 Å². The van der Waals surface area contributed by atoms with Crippen molar-refractivity contribution in [3.05, 3.63) is 67.1 Å². The van der Waals surface area contributed by atoms with E-state index in [4.69, 9.17) is 0 Å². The van der Waals surface area contributed by atoms with Crippen molar-refractivity contribution >= 4 is 31.9 Å². The maximum absolute atomic E-state index is 14.2. The molecule has 112 valence electrons. The molecule has 0 amide bonds. The molecule has 0 bridgehead atoms. The third-order valence-electron chi connectivity index (χ3n) is 3.47. The molecule has 0 aliphatic heterocycles. The Morgan fingerprint density at radius 1 is 0.857 bits per heavy atom. The first-order valence-electron chi connectivity index (χ1n) is 6.43. The van der Waals surface area contributed by atoms with E-state index in [0.717, 1.165) is 26.1 Å². The minimum absolute atomic E-state index is 0.365. The summed E-state index contributed by atoms with van der Waals surface area (Å²) in [4.78, 5) is 0. The van der Waals surface area contributed by atoms with Crippen molar-refractivity contribution in [2.75, 3.05) is 7.05 Å². The largest absolute Gasteiger partial charge is 0.309 e. The zero-order valence-corrected chi connectivity index (χ0v) is 15.1. The highest BCUT2D eigenvalue weighted by Gasteiger charge is 2.21. The van der Waals surface area contributed by atoms with Crippen LogP contribution in [0.15, 0.2) is 33.2 Å². The third kappa shape index (κ3) is 3.35. The molecule has 1 nitrogen and oxygen atoms in total. The van der Waals surface area contributed by atoms with Crippen molar-refractivity contribution in [2.24, 2.45) is 0 Å². The molecule has 0 saturated carbocycles. The summed E-state index contributed by atoms with van der Waals surface area (Å²) in [6.45, 7) is 3.61. The van der Waals surface area contributed by atoms with Crippen molar-refractivity contribution in [3.8, 4) is 0 Å². The van der Waals surface area contributed by atoms with Crippen molar-refractivity contribution in [1.29, 1.82) is 0 Å². The predicted molar refractivity (Wildman–Crippen MR) is 88.6 cm³/mol. The van der Waals surface area contributed by atoms with Gasteiger partial charge < -0.3 is 5.32 Å². The Labute approximate surface area is 140 Å². The van der Waals surface area contributed by atoms with Gasteiger partial charge in [0, 0.05) is 20.6 Å². The van der Waals surface area contributed by atoms with Gasteiger partial charge in [0.05, 0.1) is 6.04 Å². The second-order valence-corrected chi connectivity index (χ2v) is 6.68. The van der Waals surface area contributed by atoms with Gasteiger partial charge >= 0.3 is 0 Å². The van der Waals surface area contributed by atoms with Gasteiger partial charge in [0.15, 0.2) is 0 Å². The second-order valence-electron chi connectivity index (χ2n) is 4.97. The minimum Gasteiger partial charge on any atom is -0.309 e. The fourth-order valence-electron chi connectivity index (χ4n) is 2.26. The van der Waals surface area contributed by atoms with Crippen LogP contribution in [0, 0.1) is 25.5 Å². The zero-order chi connectivity index (χ0) is 15.7. The van der Waals surface area contributed by atoms with Gasteiger partial charge in [-0.1, -0.05) is 31.9 Å². The molecule has 21 heavy (non-hydrogen) atoms. The van der Waals surface area contributed by atoms with Crippen molar-refractivity contribution in [3.63, 3.8) is 0 Å². The van der Waals surface area contributed by atoms with Crippen LogP contribution in [0.5, 0.6) is 0 Å². The van der Waals surface area contributed by atoms with E-state index in [9.17, 15) is 8.78 Å². The highest BCUT2D eigenvalue weighted by molar-refractivity contribution is 9.11. The van der Waals surface area contributed by atoms with Crippen molar-refractivity contribution in [1.82, 2.24) is 5.32 Å². The Hall–Kier alpha value is -0.780. The molecule has 2 aromatic carbocycles. The molecule has 1 N–H and O–H groups in total. The first kappa shape index (κ1) is 16.6. The lowest BCUT2D eigenvalue weighted by Gasteiger charge is -2.21.